The zero-order valence-corrected chi connectivity index (χ0v) is 13.5. The lowest BCUT2D eigenvalue weighted by Gasteiger charge is -2.03. The fourth-order valence-corrected chi connectivity index (χ4v) is 2.62. The van der Waals surface area contributed by atoms with Crippen molar-refractivity contribution in [1.82, 2.24) is 19.8 Å². The van der Waals surface area contributed by atoms with Gasteiger partial charge < -0.3 is 4.74 Å². The van der Waals surface area contributed by atoms with Crippen LogP contribution in [0.3, 0.4) is 0 Å². The van der Waals surface area contributed by atoms with Gasteiger partial charge in [-0.3, -0.25) is 0 Å². The van der Waals surface area contributed by atoms with Crippen LogP contribution in [0.15, 0.2) is 51.0 Å². The molecule has 0 unspecified atom stereocenters. The third kappa shape index (κ3) is 3.15. The zero-order chi connectivity index (χ0) is 15.5. The number of halogens is 1. The molecule has 22 heavy (non-hydrogen) atoms. The van der Waals surface area contributed by atoms with Crippen LogP contribution < -0.4 is 10.4 Å². The van der Waals surface area contributed by atoms with Crippen molar-refractivity contribution in [3.63, 3.8) is 0 Å². The number of nitrogens with zero attached hydrogens (tertiary/aromatic N) is 4. The Morgan fingerprint density at radius 1 is 1.23 bits per heavy atom. The van der Waals surface area contributed by atoms with Crippen LogP contribution >= 0.6 is 27.3 Å². The maximum Gasteiger partial charge on any atom is 0.369 e. The molecule has 1 aromatic carbocycles. The van der Waals surface area contributed by atoms with Gasteiger partial charge in [-0.2, -0.15) is 9.36 Å². The molecule has 0 saturated carbocycles. The average molecular weight is 381 g/mol. The van der Waals surface area contributed by atoms with Crippen molar-refractivity contribution in [2.45, 2.75) is 6.54 Å². The number of hydrogen-bond donors (Lipinski definition) is 0. The topological polar surface area (TPSA) is 79.0 Å². The largest absolute Gasteiger partial charge is 0.425 e. The molecule has 112 valence electrons. The Kier molecular flexibility index (Phi) is 4.16. The lowest BCUT2D eigenvalue weighted by molar-refractivity contribution is -0.135. The molecule has 0 spiro atoms. The quantitative estimate of drug-likeness (QED) is 0.509. The van der Waals surface area contributed by atoms with E-state index in [1.807, 2.05) is 5.38 Å². The van der Waals surface area contributed by atoms with Crippen LogP contribution in [0, 0.1) is 0 Å². The molecule has 9 heteroatoms. The summed E-state index contributed by atoms with van der Waals surface area (Å²) >= 11 is 4.64. The number of tetrazole rings is 1. The van der Waals surface area contributed by atoms with Crippen molar-refractivity contribution >= 4 is 33.2 Å². The third-order valence-electron chi connectivity index (χ3n) is 2.68. The van der Waals surface area contributed by atoms with Crippen LogP contribution in [0.5, 0.6) is 5.75 Å². The molecule has 0 N–H and O–H groups in total. The number of benzene rings is 1. The van der Waals surface area contributed by atoms with E-state index in [0.29, 0.717) is 10.8 Å². The summed E-state index contributed by atoms with van der Waals surface area (Å²) in [5.74, 6) is -0.199. The van der Waals surface area contributed by atoms with Crippen molar-refractivity contribution in [3.8, 4) is 10.8 Å². The first-order valence-electron chi connectivity index (χ1n) is 6.16. The van der Waals surface area contributed by atoms with E-state index in [1.165, 1.54) is 11.3 Å². The second kappa shape index (κ2) is 6.24. The van der Waals surface area contributed by atoms with Gasteiger partial charge in [-0.1, -0.05) is 15.9 Å². The van der Waals surface area contributed by atoms with Gasteiger partial charge >= 0.3 is 11.7 Å². The predicted octanol–water partition coefficient (Wildman–Crippen LogP) is 1.86. The van der Waals surface area contributed by atoms with Crippen molar-refractivity contribution in [2.24, 2.45) is 0 Å². The Hall–Kier alpha value is -2.26. The summed E-state index contributed by atoms with van der Waals surface area (Å²) in [5, 5.41) is 9.88. The molecule has 2 aromatic heterocycles. The van der Waals surface area contributed by atoms with Crippen LogP contribution in [-0.2, 0) is 11.3 Å². The zero-order valence-electron chi connectivity index (χ0n) is 11.0. The molecular weight excluding hydrogens is 372 g/mol. The third-order valence-corrected chi connectivity index (χ3v) is 4.05. The summed E-state index contributed by atoms with van der Waals surface area (Å²) in [5.41, 5.74) is -0.491. The summed E-state index contributed by atoms with van der Waals surface area (Å²) in [6, 6.07) is 10.3. The first-order chi connectivity index (χ1) is 10.6. The highest BCUT2D eigenvalue weighted by Crippen LogP contribution is 2.16. The first kappa shape index (κ1) is 14.7. The maximum absolute atomic E-state index is 12.1. The van der Waals surface area contributed by atoms with Gasteiger partial charge in [0.2, 0.25) is 0 Å². The minimum atomic E-state index is -0.595. The van der Waals surface area contributed by atoms with Gasteiger partial charge in [0.25, 0.3) is 0 Å². The lowest BCUT2D eigenvalue weighted by Crippen LogP contribution is -2.28. The molecule has 3 rings (SSSR count). The average Bonchev–Trinajstić information content (AvgIpc) is 3.12. The monoisotopic (exact) mass is 380 g/mol. The number of aromatic nitrogens is 4. The Morgan fingerprint density at radius 2 is 2.00 bits per heavy atom. The Balaban J connectivity index is 1.72. The highest BCUT2D eigenvalue weighted by Gasteiger charge is 2.14. The summed E-state index contributed by atoms with van der Waals surface area (Å²) in [6.07, 6.45) is 0. The van der Waals surface area contributed by atoms with Gasteiger partial charge in [-0.15, -0.1) is 11.3 Å². The standard InChI is InChI=1S/C13H9BrN4O3S/c14-9-3-5-10(6-4-9)21-12(19)8-17-13(20)18(16-15-17)11-2-1-7-22-11/h1-7H,8H2. The van der Waals surface area contributed by atoms with Crippen molar-refractivity contribution in [1.29, 1.82) is 0 Å². The Bertz CT molecular complexity index is 839. The first-order valence-corrected chi connectivity index (χ1v) is 7.84. The summed E-state index contributed by atoms with van der Waals surface area (Å²) in [6.45, 7) is -0.305. The van der Waals surface area contributed by atoms with Crippen molar-refractivity contribution in [3.05, 3.63) is 56.7 Å². The van der Waals surface area contributed by atoms with Gasteiger partial charge in [-0.25, -0.2) is 9.59 Å². The maximum atomic E-state index is 12.1. The lowest BCUT2D eigenvalue weighted by atomic mass is 10.3. The van der Waals surface area contributed by atoms with Crippen LogP contribution in [-0.4, -0.2) is 25.8 Å². The second-order valence-electron chi connectivity index (χ2n) is 4.21. The van der Waals surface area contributed by atoms with E-state index in [4.69, 9.17) is 4.74 Å². The Labute approximate surface area is 136 Å². The summed E-state index contributed by atoms with van der Waals surface area (Å²) in [4.78, 5) is 23.9. The van der Waals surface area contributed by atoms with Crippen LogP contribution in [0.2, 0.25) is 0 Å². The predicted molar refractivity (Wildman–Crippen MR) is 83.3 cm³/mol. The van der Waals surface area contributed by atoms with Gasteiger partial charge in [0.05, 0.1) is 0 Å². The molecular formula is C13H9BrN4O3S. The second-order valence-corrected chi connectivity index (χ2v) is 6.05. The van der Waals surface area contributed by atoms with Gasteiger partial charge in [0.1, 0.15) is 17.3 Å². The molecule has 0 bridgehead atoms. The molecule has 0 aliphatic heterocycles. The van der Waals surface area contributed by atoms with Crippen LogP contribution in [0.25, 0.3) is 5.00 Å². The summed E-state index contributed by atoms with van der Waals surface area (Å²) < 4.78 is 8.11. The van der Waals surface area contributed by atoms with E-state index < -0.39 is 11.7 Å². The molecule has 7 nitrogen and oxygen atoms in total. The fourth-order valence-electron chi connectivity index (χ4n) is 1.69. The van der Waals surface area contributed by atoms with E-state index in [1.54, 1.807) is 36.4 Å². The number of esters is 1. The molecule has 0 atom stereocenters. The van der Waals surface area contributed by atoms with E-state index in [-0.39, 0.29) is 6.54 Å². The normalized spacial score (nSPS) is 10.6. The SMILES string of the molecule is O=C(Cn1nnn(-c2cccs2)c1=O)Oc1ccc(Br)cc1. The smallest absolute Gasteiger partial charge is 0.369 e. The van der Waals surface area contributed by atoms with Crippen LogP contribution in [0.4, 0.5) is 0 Å². The van der Waals surface area contributed by atoms with Crippen molar-refractivity contribution < 1.29 is 9.53 Å². The number of carbonyl (C=O) groups excluding carboxylic acids is 1. The van der Waals surface area contributed by atoms with Gasteiger partial charge in [0.15, 0.2) is 0 Å². The van der Waals surface area contributed by atoms with Crippen molar-refractivity contribution in [2.75, 3.05) is 0 Å². The molecule has 2 heterocycles. The number of hydrogen-bond acceptors (Lipinski definition) is 6. The fraction of sp³-hybridized carbons (Fsp3) is 0.0769. The van der Waals surface area contributed by atoms with Crippen LogP contribution in [0.1, 0.15) is 0 Å². The van der Waals surface area contributed by atoms with E-state index in [0.717, 1.165) is 13.8 Å². The number of rotatable bonds is 4. The van der Waals surface area contributed by atoms with E-state index in [9.17, 15) is 9.59 Å². The minimum absolute atomic E-state index is 0.305. The van der Waals surface area contributed by atoms with E-state index in [2.05, 4.69) is 26.4 Å². The summed E-state index contributed by atoms with van der Waals surface area (Å²) in [7, 11) is 0. The Morgan fingerprint density at radius 3 is 2.68 bits per heavy atom. The highest BCUT2D eigenvalue weighted by atomic mass is 79.9. The molecule has 0 saturated heterocycles. The molecule has 0 aliphatic rings. The highest BCUT2D eigenvalue weighted by molar-refractivity contribution is 9.10. The van der Waals surface area contributed by atoms with E-state index >= 15 is 0 Å². The minimum Gasteiger partial charge on any atom is -0.425 e. The van der Waals surface area contributed by atoms with Gasteiger partial charge in [-0.05, 0) is 52.2 Å². The molecule has 0 aliphatic carbocycles. The molecule has 3 aromatic rings. The van der Waals surface area contributed by atoms with Gasteiger partial charge in [0, 0.05) is 4.47 Å². The number of thiophene rings is 1. The number of ether oxygens (including phenoxy) is 1. The number of carbonyl (C=O) groups is 1. The molecule has 0 fully saturated rings. The molecule has 0 amide bonds. The molecule has 0 radical (unpaired) electrons.